The van der Waals surface area contributed by atoms with Gasteiger partial charge in [-0.25, -0.2) is 25.9 Å². The maximum absolute atomic E-state index is 12.8. The van der Waals surface area contributed by atoms with Gasteiger partial charge in [-0.2, -0.15) is 0 Å². The van der Waals surface area contributed by atoms with Crippen LogP contribution in [0.2, 0.25) is 0 Å². The number of sulfonamides is 2. The maximum Gasteiger partial charge on any atom is 0.261 e. The number of benzene rings is 2. The van der Waals surface area contributed by atoms with E-state index >= 15 is 0 Å². The van der Waals surface area contributed by atoms with Gasteiger partial charge in [0.25, 0.3) is 10.0 Å². The van der Waals surface area contributed by atoms with Gasteiger partial charge >= 0.3 is 0 Å². The number of halogens is 1. The summed E-state index contributed by atoms with van der Waals surface area (Å²) in [6, 6.07) is 9.54. The molecule has 0 heterocycles. The van der Waals surface area contributed by atoms with E-state index in [1.807, 2.05) is 0 Å². The second-order valence-electron chi connectivity index (χ2n) is 4.29. The third kappa shape index (κ3) is 3.62. The predicted molar refractivity (Wildman–Crippen MR) is 79.9 cm³/mol. The molecule has 0 aliphatic rings. The topological polar surface area (TPSA) is 92.3 Å². The lowest BCUT2D eigenvalue weighted by molar-refractivity contribution is 0.587. The fourth-order valence-corrected chi connectivity index (χ4v) is 3.44. The summed E-state index contributed by atoms with van der Waals surface area (Å²) in [5.41, 5.74) is 0.202. The highest BCUT2D eigenvalue weighted by Gasteiger charge is 2.17. The highest BCUT2D eigenvalue weighted by Crippen LogP contribution is 2.18. The average Bonchev–Trinajstić information content (AvgIpc) is 2.49. The summed E-state index contributed by atoms with van der Waals surface area (Å²) < 4.78 is 64.6. The van der Waals surface area contributed by atoms with Crippen molar-refractivity contribution in [3.05, 3.63) is 54.3 Å². The van der Waals surface area contributed by atoms with E-state index in [-0.39, 0.29) is 15.5 Å². The lowest BCUT2D eigenvalue weighted by Crippen LogP contribution is -2.19. The van der Waals surface area contributed by atoms with E-state index in [1.165, 1.54) is 43.4 Å². The Hall–Kier alpha value is -1.97. The summed E-state index contributed by atoms with van der Waals surface area (Å²) in [6.07, 6.45) is 0. The molecular weight excluding hydrogens is 331 g/mol. The highest BCUT2D eigenvalue weighted by molar-refractivity contribution is 7.92. The Morgan fingerprint density at radius 3 is 1.68 bits per heavy atom. The van der Waals surface area contributed by atoms with E-state index in [1.54, 1.807) is 0 Å². The SMILES string of the molecule is CNS(=O)(=O)c1ccc(S(=O)(=O)Nc2ccc(F)cc2)cc1. The Morgan fingerprint density at radius 2 is 1.23 bits per heavy atom. The molecule has 0 spiro atoms. The molecule has 0 aliphatic carbocycles. The largest absolute Gasteiger partial charge is 0.280 e. The third-order valence-corrected chi connectivity index (χ3v) is 5.64. The minimum Gasteiger partial charge on any atom is -0.280 e. The van der Waals surface area contributed by atoms with Gasteiger partial charge in [-0.05, 0) is 55.6 Å². The highest BCUT2D eigenvalue weighted by atomic mass is 32.2. The normalized spacial score (nSPS) is 12.1. The van der Waals surface area contributed by atoms with Crippen molar-refractivity contribution in [1.82, 2.24) is 4.72 Å². The Morgan fingerprint density at radius 1 is 0.773 bits per heavy atom. The number of anilines is 1. The molecule has 0 fully saturated rings. The van der Waals surface area contributed by atoms with E-state index in [0.29, 0.717) is 0 Å². The first kappa shape index (κ1) is 16.4. The zero-order chi connectivity index (χ0) is 16.4. The van der Waals surface area contributed by atoms with E-state index < -0.39 is 25.9 Å². The van der Waals surface area contributed by atoms with E-state index in [2.05, 4.69) is 9.44 Å². The molecule has 0 saturated heterocycles. The van der Waals surface area contributed by atoms with Gasteiger partial charge in [0.15, 0.2) is 0 Å². The zero-order valence-corrected chi connectivity index (χ0v) is 13.1. The summed E-state index contributed by atoms with van der Waals surface area (Å²) in [6.45, 7) is 0. The van der Waals surface area contributed by atoms with Crippen molar-refractivity contribution < 1.29 is 21.2 Å². The van der Waals surface area contributed by atoms with Crippen LogP contribution < -0.4 is 9.44 Å². The minimum absolute atomic E-state index is 0.0456. The van der Waals surface area contributed by atoms with Gasteiger partial charge in [-0.15, -0.1) is 0 Å². The first-order valence-corrected chi connectivity index (χ1v) is 9.03. The number of rotatable bonds is 5. The average molecular weight is 344 g/mol. The molecule has 0 unspecified atom stereocenters. The molecule has 0 atom stereocenters. The summed E-state index contributed by atoms with van der Waals surface area (Å²) in [7, 11) is -6.25. The van der Waals surface area contributed by atoms with Crippen molar-refractivity contribution >= 4 is 25.7 Å². The molecule has 2 aromatic rings. The third-order valence-electron chi connectivity index (χ3n) is 2.81. The second-order valence-corrected chi connectivity index (χ2v) is 7.86. The standard InChI is InChI=1S/C13H13FN2O4S2/c1-15-21(17,18)12-6-8-13(9-7-12)22(19,20)16-11-4-2-10(14)3-5-11/h2-9,15-16H,1H3. The molecule has 0 bridgehead atoms. The molecule has 9 heteroatoms. The second kappa shape index (κ2) is 6.03. The van der Waals surface area contributed by atoms with Gasteiger partial charge in [-0.3, -0.25) is 4.72 Å². The molecular formula is C13H13FN2O4S2. The molecule has 2 rings (SSSR count). The monoisotopic (exact) mass is 344 g/mol. The van der Waals surface area contributed by atoms with Crippen LogP contribution in [0.3, 0.4) is 0 Å². The van der Waals surface area contributed by atoms with Gasteiger partial charge in [0, 0.05) is 5.69 Å². The van der Waals surface area contributed by atoms with Crippen molar-refractivity contribution in [1.29, 1.82) is 0 Å². The van der Waals surface area contributed by atoms with Gasteiger partial charge in [-0.1, -0.05) is 0 Å². The Labute approximate surface area is 128 Å². The molecule has 2 N–H and O–H groups in total. The van der Waals surface area contributed by atoms with Crippen molar-refractivity contribution in [3.8, 4) is 0 Å². The first-order valence-electron chi connectivity index (χ1n) is 6.06. The fraction of sp³-hybridized carbons (Fsp3) is 0.0769. The van der Waals surface area contributed by atoms with Crippen LogP contribution in [0, 0.1) is 5.82 Å². The summed E-state index contributed by atoms with van der Waals surface area (Å²) in [4.78, 5) is -0.150. The first-order chi connectivity index (χ1) is 10.2. The van der Waals surface area contributed by atoms with Crippen LogP contribution in [0.1, 0.15) is 0 Å². The predicted octanol–water partition coefficient (Wildman–Crippen LogP) is 1.53. The molecule has 0 radical (unpaired) electrons. The lowest BCUT2D eigenvalue weighted by atomic mass is 10.3. The zero-order valence-electron chi connectivity index (χ0n) is 11.4. The Kier molecular flexibility index (Phi) is 4.50. The van der Waals surface area contributed by atoms with Crippen LogP contribution in [0.4, 0.5) is 10.1 Å². The Bertz CT molecular complexity index is 861. The van der Waals surface area contributed by atoms with Crippen LogP contribution in [0.15, 0.2) is 58.3 Å². The molecule has 118 valence electrons. The van der Waals surface area contributed by atoms with E-state index in [9.17, 15) is 21.2 Å². The maximum atomic E-state index is 12.8. The smallest absolute Gasteiger partial charge is 0.261 e. The quantitative estimate of drug-likeness (QED) is 0.860. The number of hydrogen-bond acceptors (Lipinski definition) is 4. The van der Waals surface area contributed by atoms with Gasteiger partial charge < -0.3 is 0 Å². The van der Waals surface area contributed by atoms with Crippen molar-refractivity contribution in [2.24, 2.45) is 0 Å². The lowest BCUT2D eigenvalue weighted by Gasteiger charge is -2.09. The fourth-order valence-electron chi connectivity index (χ4n) is 1.65. The molecule has 0 aromatic heterocycles. The summed E-state index contributed by atoms with van der Waals surface area (Å²) >= 11 is 0. The van der Waals surface area contributed by atoms with Gasteiger partial charge in [0.05, 0.1) is 9.79 Å². The van der Waals surface area contributed by atoms with Crippen LogP contribution in [-0.2, 0) is 20.0 Å². The summed E-state index contributed by atoms with van der Waals surface area (Å²) in [5, 5.41) is 0. The molecule has 0 aliphatic heterocycles. The van der Waals surface area contributed by atoms with Crippen LogP contribution in [-0.4, -0.2) is 23.9 Å². The Balaban J connectivity index is 2.28. The molecule has 0 saturated carbocycles. The van der Waals surface area contributed by atoms with Gasteiger partial charge in [0.1, 0.15) is 5.82 Å². The molecule has 6 nitrogen and oxygen atoms in total. The summed E-state index contributed by atoms with van der Waals surface area (Å²) in [5.74, 6) is -0.482. The van der Waals surface area contributed by atoms with Crippen LogP contribution in [0.5, 0.6) is 0 Å². The van der Waals surface area contributed by atoms with Crippen molar-refractivity contribution in [2.45, 2.75) is 9.79 Å². The van der Waals surface area contributed by atoms with Crippen LogP contribution in [0.25, 0.3) is 0 Å². The van der Waals surface area contributed by atoms with Crippen LogP contribution >= 0.6 is 0 Å². The number of hydrogen-bond donors (Lipinski definition) is 2. The van der Waals surface area contributed by atoms with Gasteiger partial charge in [0.2, 0.25) is 10.0 Å². The molecule has 0 amide bonds. The van der Waals surface area contributed by atoms with E-state index in [0.717, 1.165) is 12.1 Å². The number of nitrogens with one attached hydrogen (secondary N) is 2. The minimum atomic E-state index is -3.88. The molecule has 2 aromatic carbocycles. The van der Waals surface area contributed by atoms with Crippen molar-refractivity contribution in [2.75, 3.05) is 11.8 Å². The van der Waals surface area contributed by atoms with E-state index in [4.69, 9.17) is 0 Å². The molecule has 22 heavy (non-hydrogen) atoms. The van der Waals surface area contributed by atoms with Crippen molar-refractivity contribution in [3.63, 3.8) is 0 Å².